The van der Waals surface area contributed by atoms with Crippen molar-refractivity contribution >= 4 is 17.2 Å². The molecule has 7 heteroatoms. The van der Waals surface area contributed by atoms with Gasteiger partial charge in [0, 0.05) is 12.4 Å². The molecule has 3 rings (SSSR count). The van der Waals surface area contributed by atoms with Gasteiger partial charge in [0.2, 0.25) is 0 Å². The van der Waals surface area contributed by atoms with Crippen molar-refractivity contribution in [2.24, 2.45) is 0 Å². The maximum atomic E-state index is 12.8. The van der Waals surface area contributed by atoms with E-state index in [2.05, 4.69) is 20.2 Å². The van der Waals surface area contributed by atoms with Gasteiger partial charge in [-0.15, -0.1) is 10.2 Å². The lowest BCUT2D eigenvalue weighted by Gasteiger charge is -1.98. The first-order valence-electron chi connectivity index (χ1n) is 4.73. The van der Waals surface area contributed by atoms with Crippen molar-refractivity contribution in [1.82, 2.24) is 24.6 Å². The molecule has 5 nitrogen and oxygen atoms in total. The fourth-order valence-corrected chi connectivity index (χ4v) is 1.66. The maximum Gasteiger partial charge on any atom is 0.198 e. The zero-order chi connectivity index (χ0) is 11.8. The summed E-state index contributed by atoms with van der Waals surface area (Å²) in [6, 6.07) is 2.84. The van der Waals surface area contributed by atoms with E-state index in [1.54, 1.807) is 10.6 Å². The van der Waals surface area contributed by atoms with Gasteiger partial charge in [0.1, 0.15) is 11.5 Å². The number of hydrogen-bond donors (Lipinski definition) is 0. The number of pyridine rings is 1. The SMILES string of the molecule is Fc1ccc(-c2nnc3c(Cl)nccn23)nc1. The highest BCUT2D eigenvalue weighted by Crippen LogP contribution is 2.19. The van der Waals surface area contributed by atoms with Crippen molar-refractivity contribution in [3.05, 3.63) is 41.7 Å². The molecule has 0 fully saturated rings. The zero-order valence-corrected chi connectivity index (χ0v) is 9.13. The summed E-state index contributed by atoms with van der Waals surface area (Å²) in [4.78, 5) is 7.83. The fraction of sp³-hybridized carbons (Fsp3) is 0. The Hall–Kier alpha value is -2.08. The van der Waals surface area contributed by atoms with Gasteiger partial charge in [-0.05, 0) is 12.1 Å². The second kappa shape index (κ2) is 3.74. The molecule has 0 saturated carbocycles. The molecule has 3 aromatic rings. The lowest BCUT2D eigenvalue weighted by Crippen LogP contribution is -1.93. The van der Waals surface area contributed by atoms with Crippen molar-refractivity contribution in [2.45, 2.75) is 0 Å². The van der Waals surface area contributed by atoms with Crippen LogP contribution < -0.4 is 0 Å². The molecule has 0 aliphatic heterocycles. The Morgan fingerprint density at radius 3 is 2.82 bits per heavy atom. The van der Waals surface area contributed by atoms with E-state index >= 15 is 0 Å². The van der Waals surface area contributed by atoms with Gasteiger partial charge in [-0.2, -0.15) is 0 Å². The first kappa shape index (κ1) is 10.1. The van der Waals surface area contributed by atoms with Gasteiger partial charge in [0.25, 0.3) is 0 Å². The van der Waals surface area contributed by atoms with E-state index in [0.717, 1.165) is 6.20 Å². The number of nitrogens with zero attached hydrogens (tertiary/aromatic N) is 5. The van der Waals surface area contributed by atoms with Gasteiger partial charge < -0.3 is 0 Å². The Morgan fingerprint density at radius 1 is 1.18 bits per heavy atom. The molecule has 0 unspecified atom stereocenters. The molecule has 0 atom stereocenters. The first-order chi connectivity index (χ1) is 8.25. The third-order valence-electron chi connectivity index (χ3n) is 2.24. The Labute approximate surface area is 99.9 Å². The van der Waals surface area contributed by atoms with Crippen LogP contribution in [-0.2, 0) is 0 Å². The van der Waals surface area contributed by atoms with Gasteiger partial charge in [-0.3, -0.25) is 4.40 Å². The highest BCUT2D eigenvalue weighted by molar-refractivity contribution is 6.32. The minimum atomic E-state index is -0.401. The molecule has 0 saturated heterocycles. The lowest BCUT2D eigenvalue weighted by molar-refractivity contribution is 0.621. The number of hydrogen-bond acceptors (Lipinski definition) is 4. The molecule has 0 spiro atoms. The van der Waals surface area contributed by atoms with E-state index in [0.29, 0.717) is 17.2 Å². The highest BCUT2D eigenvalue weighted by Gasteiger charge is 2.11. The summed E-state index contributed by atoms with van der Waals surface area (Å²) in [5, 5.41) is 8.12. The van der Waals surface area contributed by atoms with Crippen LogP contribution in [0.5, 0.6) is 0 Å². The molecule has 0 radical (unpaired) electrons. The van der Waals surface area contributed by atoms with Crippen LogP contribution in [0.15, 0.2) is 30.7 Å². The molecular weight excluding hydrogens is 245 g/mol. The highest BCUT2D eigenvalue weighted by atomic mass is 35.5. The van der Waals surface area contributed by atoms with Gasteiger partial charge in [0.05, 0.1) is 6.20 Å². The average Bonchev–Trinajstić information content (AvgIpc) is 2.75. The molecule has 84 valence electrons. The average molecular weight is 250 g/mol. The van der Waals surface area contributed by atoms with Crippen molar-refractivity contribution in [1.29, 1.82) is 0 Å². The summed E-state index contributed by atoms with van der Waals surface area (Å²) in [6.07, 6.45) is 4.33. The number of aromatic nitrogens is 5. The zero-order valence-electron chi connectivity index (χ0n) is 8.38. The summed E-state index contributed by atoms with van der Waals surface area (Å²) < 4.78 is 14.4. The topological polar surface area (TPSA) is 56.0 Å². The van der Waals surface area contributed by atoms with E-state index in [1.807, 2.05) is 0 Å². The van der Waals surface area contributed by atoms with Gasteiger partial charge in [-0.1, -0.05) is 11.6 Å². The molecular formula is C10H5ClFN5. The van der Waals surface area contributed by atoms with Gasteiger partial charge in [0.15, 0.2) is 16.6 Å². The normalized spacial score (nSPS) is 10.9. The standard InChI is InChI=1S/C10H5ClFN5/c11-8-10-16-15-9(17(10)4-3-13-8)7-2-1-6(12)5-14-7/h1-5H. The van der Waals surface area contributed by atoms with Crippen molar-refractivity contribution in [3.63, 3.8) is 0 Å². The second-order valence-electron chi connectivity index (χ2n) is 3.30. The summed E-state index contributed by atoms with van der Waals surface area (Å²) in [6.45, 7) is 0. The van der Waals surface area contributed by atoms with E-state index in [9.17, 15) is 4.39 Å². The van der Waals surface area contributed by atoms with E-state index in [-0.39, 0.29) is 5.15 Å². The van der Waals surface area contributed by atoms with E-state index < -0.39 is 5.82 Å². The summed E-state index contributed by atoms with van der Waals surface area (Å²) in [5.74, 6) is 0.0894. The van der Waals surface area contributed by atoms with Crippen LogP contribution in [0.4, 0.5) is 4.39 Å². The Morgan fingerprint density at radius 2 is 2.06 bits per heavy atom. The van der Waals surface area contributed by atoms with Crippen LogP contribution in [-0.4, -0.2) is 24.6 Å². The molecule has 0 aromatic carbocycles. The van der Waals surface area contributed by atoms with Crippen molar-refractivity contribution < 1.29 is 4.39 Å². The van der Waals surface area contributed by atoms with Crippen LogP contribution in [0.25, 0.3) is 17.2 Å². The Balaban J connectivity index is 2.24. The number of halogens is 2. The fourth-order valence-electron chi connectivity index (χ4n) is 1.48. The van der Waals surface area contributed by atoms with Crippen LogP contribution in [0, 0.1) is 5.82 Å². The molecule has 0 amide bonds. The minimum absolute atomic E-state index is 0.258. The monoisotopic (exact) mass is 249 g/mol. The maximum absolute atomic E-state index is 12.8. The summed E-state index contributed by atoms with van der Waals surface area (Å²) in [5.41, 5.74) is 0.955. The predicted octanol–water partition coefficient (Wildman–Crippen LogP) is 1.98. The van der Waals surface area contributed by atoms with Gasteiger partial charge >= 0.3 is 0 Å². The van der Waals surface area contributed by atoms with E-state index in [4.69, 9.17) is 11.6 Å². The molecule has 0 N–H and O–H groups in total. The smallest absolute Gasteiger partial charge is 0.198 e. The predicted molar refractivity (Wildman–Crippen MR) is 59.0 cm³/mol. The number of rotatable bonds is 1. The molecule has 0 aliphatic rings. The first-order valence-corrected chi connectivity index (χ1v) is 5.10. The summed E-state index contributed by atoms with van der Waals surface area (Å²) in [7, 11) is 0. The Kier molecular flexibility index (Phi) is 2.22. The number of fused-ring (bicyclic) bond motifs is 1. The lowest BCUT2D eigenvalue weighted by atomic mass is 10.3. The second-order valence-corrected chi connectivity index (χ2v) is 3.65. The van der Waals surface area contributed by atoms with E-state index in [1.165, 1.54) is 18.3 Å². The van der Waals surface area contributed by atoms with Gasteiger partial charge in [-0.25, -0.2) is 14.4 Å². The third-order valence-corrected chi connectivity index (χ3v) is 2.51. The third kappa shape index (κ3) is 1.62. The minimum Gasteiger partial charge on any atom is -0.277 e. The largest absolute Gasteiger partial charge is 0.277 e. The molecule has 3 heterocycles. The Bertz CT molecular complexity index is 679. The van der Waals surface area contributed by atoms with Crippen molar-refractivity contribution in [2.75, 3.05) is 0 Å². The van der Waals surface area contributed by atoms with Crippen LogP contribution in [0.2, 0.25) is 5.15 Å². The van der Waals surface area contributed by atoms with Crippen LogP contribution in [0.1, 0.15) is 0 Å². The molecule has 3 aromatic heterocycles. The van der Waals surface area contributed by atoms with Crippen molar-refractivity contribution in [3.8, 4) is 11.5 Å². The van der Waals surface area contributed by atoms with Crippen LogP contribution in [0.3, 0.4) is 0 Å². The molecule has 0 bridgehead atoms. The molecule has 17 heavy (non-hydrogen) atoms. The summed E-state index contributed by atoms with van der Waals surface area (Å²) >= 11 is 5.87. The van der Waals surface area contributed by atoms with Crippen LogP contribution >= 0.6 is 11.6 Å². The molecule has 0 aliphatic carbocycles. The quantitative estimate of drug-likeness (QED) is 0.662.